The van der Waals surface area contributed by atoms with E-state index in [1.165, 1.54) is 0 Å². The molecule has 2 N–H and O–H groups in total. The minimum atomic E-state index is 0.675. The molecule has 32 heavy (non-hydrogen) atoms. The third-order valence-corrected chi connectivity index (χ3v) is 5.31. The van der Waals surface area contributed by atoms with Crippen molar-refractivity contribution in [2.45, 2.75) is 26.2 Å². The zero-order valence-corrected chi connectivity index (χ0v) is 17.7. The molecule has 5 rings (SSSR count). The maximum atomic E-state index is 4.93. The third-order valence-electron chi connectivity index (χ3n) is 5.31. The smallest absolute Gasteiger partial charge is 0.0968 e. The molecule has 0 radical (unpaired) electrons. The van der Waals surface area contributed by atoms with E-state index in [0.717, 1.165) is 44.6 Å². The van der Waals surface area contributed by atoms with Crippen LogP contribution in [0.25, 0.3) is 21.8 Å². The third kappa shape index (κ3) is 4.77. The molecule has 6 nitrogen and oxygen atoms in total. The second kappa shape index (κ2) is 9.60. The van der Waals surface area contributed by atoms with Gasteiger partial charge < -0.3 is 10.6 Å². The number of hydrogen-bond acceptors (Lipinski definition) is 6. The molecule has 0 bridgehead atoms. The van der Waals surface area contributed by atoms with Crippen LogP contribution >= 0.6 is 0 Å². The van der Waals surface area contributed by atoms with Crippen molar-refractivity contribution < 1.29 is 0 Å². The van der Waals surface area contributed by atoms with Crippen molar-refractivity contribution in [1.29, 1.82) is 0 Å². The summed E-state index contributed by atoms with van der Waals surface area (Å²) in [7, 11) is 0. The number of pyridine rings is 4. The fourth-order valence-electron chi connectivity index (χ4n) is 3.69. The summed E-state index contributed by atoms with van der Waals surface area (Å²) in [5.74, 6) is 0. The summed E-state index contributed by atoms with van der Waals surface area (Å²) in [6, 6.07) is 24.5. The van der Waals surface area contributed by atoms with Gasteiger partial charge in [0.25, 0.3) is 0 Å². The first-order valence-corrected chi connectivity index (χ1v) is 10.7. The Bertz CT molecular complexity index is 1220. The zero-order chi connectivity index (χ0) is 21.6. The summed E-state index contributed by atoms with van der Waals surface area (Å²) in [6.45, 7) is 2.77. The van der Waals surface area contributed by atoms with E-state index < -0.39 is 0 Å². The Morgan fingerprint density at radius 3 is 1.34 bits per heavy atom. The summed E-state index contributed by atoms with van der Waals surface area (Å²) in [4.78, 5) is 18.6. The zero-order valence-electron chi connectivity index (χ0n) is 17.7. The van der Waals surface area contributed by atoms with Crippen molar-refractivity contribution >= 4 is 21.8 Å². The van der Waals surface area contributed by atoms with E-state index in [2.05, 4.69) is 57.0 Å². The molecule has 158 valence electrons. The average molecular weight is 421 g/mol. The van der Waals surface area contributed by atoms with Crippen LogP contribution in [0.5, 0.6) is 0 Å². The Morgan fingerprint density at radius 1 is 0.469 bits per heavy atom. The van der Waals surface area contributed by atoms with E-state index in [1.54, 1.807) is 0 Å². The molecular formula is C26H24N6. The van der Waals surface area contributed by atoms with Gasteiger partial charge in [-0.15, -0.1) is 0 Å². The highest BCUT2D eigenvalue weighted by atomic mass is 14.9. The van der Waals surface area contributed by atoms with E-state index in [0.29, 0.717) is 26.2 Å². The highest BCUT2D eigenvalue weighted by Crippen LogP contribution is 2.23. The molecular weight excluding hydrogens is 396 g/mol. The molecule has 0 fully saturated rings. The number of aromatic nitrogens is 4. The van der Waals surface area contributed by atoms with Crippen molar-refractivity contribution in [3.63, 3.8) is 0 Å². The van der Waals surface area contributed by atoms with Gasteiger partial charge in [-0.25, -0.2) is 9.97 Å². The van der Waals surface area contributed by atoms with Crippen molar-refractivity contribution in [2.24, 2.45) is 0 Å². The molecule has 0 aliphatic heterocycles. The van der Waals surface area contributed by atoms with Gasteiger partial charge in [-0.1, -0.05) is 36.4 Å². The molecule has 0 aliphatic carbocycles. The minimum Gasteiger partial charge on any atom is -0.306 e. The SMILES string of the molecule is c1ccc(CNCc2ccc3ccc4ccc(CNCc5ccccn5)nc4c3n2)nc1. The molecule has 1 aromatic carbocycles. The van der Waals surface area contributed by atoms with Crippen LogP contribution in [0.15, 0.2) is 85.2 Å². The van der Waals surface area contributed by atoms with Gasteiger partial charge in [0, 0.05) is 49.3 Å². The largest absolute Gasteiger partial charge is 0.306 e. The van der Waals surface area contributed by atoms with Gasteiger partial charge in [0.2, 0.25) is 0 Å². The quantitative estimate of drug-likeness (QED) is 0.367. The van der Waals surface area contributed by atoms with E-state index >= 15 is 0 Å². The first kappa shape index (κ1) is 20.2. The van der Waals surface area contributed by atoms with Crippen molar-refractivity contribution in [1.82, 2.24) is 30.6 Å². The molecule has 0 atom stereocenters. The number of nitrogens with one attached hydrogen (secondary N) is 2. The molecule has 4 heterocycles. The monoisotopic (exact) mass is 420 g/mol. The molecule has 0 spiro atoms. The van der Waals surface area contributed by atoms with E-state index in [4.69, 9.17) is 9.97 Å². The second-order valence-corrected chi connectivity index (χ2v) is 7.66. The van der Waals surface area contributed by atoms with Crippen LogP contribution in [0, 0.1) is 0 Å². The van der Waals surface area contributed by atoms with Crippen LogP contribution in [0.2, 0.25) is 0 Å². The Morgan fingerprint density at radius 2 is 0.906 bits per heavy atom. The predicted octanol–water partition coefficient (Wildman–Crippen LogP) is 4.15. The molecule has 0 amide bonds. The minimum absolute atomic E-state index is 0.675. The van der Waals surface area contributed by atoms with Crippen LogP contribution in [-0.4, -0.2) is 19.9 Å². The topological polar surface area (TPSA) is 75.6 Å². The maximum Gasteiger partial charge on any atom is 0.0968 e. The van der Waals surface area contributed by atoms with Gasteiger partial charge in [-0.05, 0) is 36.4 Å². The standard InChI is InChI=1S/C26H24N6/c1-3-13-29-21(5-1)15-27-17-23-11-9-19-7-8-20-10-12-24(32-26(20)25(19)31-23)18-28-16-22-6-2-4-14-30-22/h1-14,27-28H,15-18H2. The van der Waals surface area contributed by atoms with Gasteiger partial charge in [-0.3, -0.25) is 9.97 Å². The fourth-order valence-corrected chi connectivity index (χ4v) is 3.69. The lowest BCUT2D eigenvalue weighted by atomic mass is 10.1. The molecule has 0 saturated carbocycles. The Hall–Kier alpha value is -3.74. The lowest BCUT2D eigenvalue weighted by Crippen LogP contribution is -2.15. The molecule has 6 heteroatoms. The van der Waals surface area contributed by atoms with E-state index in [-0.39, 0.29) is 0 Å². The van der Waals surface area contributed by atoms with E-state index in [9.17, 15) is 0 Å². The number of nitrogens with zero attached hydrogens (tertiary/aromatic N) is 4. The number of hydrogen-bond donors (Lipinski definition) is 2. The first-order valence-electron chi connectivity index (χ1n) is 10.7. The summed E-state index contributed by atoms with van der Waals surface area (Å²) in [5.41, 5.74) is 5.88. The van der Waals surface area contributed by atoms with Crippen molar-refractivity contribution in [3.8, 4) is 0 Å². The van der Waals surface area contributed by atoms with Gasteiger partial charge >= 0.3 is 0 Å². The highest BCUT2D eigenvalue weighted by Gasteiger charge is 2.07. The van der Waals surface area contributed by atoms with Gasteiger partial charge in [0.15, 0.2) is 0 Å². The first-order chi connectivity index (χ1) is 15.8. The number of benzene rings is 1. The summed E-state index contributed by atoms with van der Waals surface area (Å²) >= 11 is 0. The molecule has 0 unspecified atom stereocenters. The Kier molecular flexibility index (Phi) is 6.05. The van der Waals surface area contributed by atoms with E-state index in [1.807, 2.05) is 48.8 Å². The van der Waals surface area contributed by atoms with Crippen LogP contribution < -0.4 is 10.6 Å². The van der Waals surface area contributed by atoms with Crippen LogP contribution in [-0.2, 0) is 26.2 Å². The fraction of sp³-hybridized carbons (Fsp3) is 0.154. The average Bonchev–Trinajstić information content (AvgIpc) is 2.85. The maximum absolute atomic E-state index is 4.93. The van der Waals surface area contributed by atoms with Gasteiger partial charge in [-0.2, -0.15) is 0 Å². The van der Waals surface area contributed by atoms with Crippen LogP contribution in [0.4, 0.5) is 0 Å². The van der Waals surface area contributed by atoms with Crippen molar-refractivity contribution in [2.75, 3.05) is 0 Å². The van der Waals surface area contributed by atoms with Crippen LogP contribution in [0.1, 0.15) is 22.8 Å². The van der Waals surface area contributed by atoms with Gasteiger partial charge in [0.1, 0.15) is 0 Å². The van der Waals surface area contributed by atoms with Crippen LogP contribution in [0.3, 0.4) is 0 Å². The highest BCUT2D eigenvalue weighted by molar-refractivity contribution is 6.02. The number of fused-ring (bicyclic) bond motifs is 3. The predicted molar refractivity (Wildman–Crippen MR) is 127 cm³/mol. The summed E-state index contributed by atoms with van der Waals surface area (Å²) in [6.07, 6.45) is 3.62. The summed E-state index contributed by atoms with van der Waals surface area (Å²) in [5, 5.41) is 9.04. The second-order valence-electron chi connectivity index (χ2n) is 7.66. The van der Waals surface area contributed by atoms with Crippen molar-refractivity contribution in [3.05, 3.63) is 108 Å². The normalized spacial score (nSPS) is 11.2. The molecule has 5 aromatic rings. The van der Waals surface area contributed by atoms with Gasteiger partial charge in [0.05, 0.1) is 33.8 Å². The molecule has 4 aromatic heterocycles. The lowest BCUT2D eigenvalue weighted by molar-refractivity contribution is 0.668. The molecule has 0 saturated heterocycles. The number of rotatable bonds is 8. The lowest BCUT2D eigenvalue weighted by Gasteiger charge is -2.09. The summed E-state index contributed by atoms with van der Waals surface area (Å²) < 4.78 is 0. The Balaban J connectivity index is 1.33. The molecule has 0 aliphatic rings. The Labute approximate surface area is 186 Å².